The number of nitrogens with zero attached hydrogens (tertiary/aromatic N) is 1. The minimum absolute atomic E-state index is 0.397. The van der Waals surface area contributed by atoms with E-state index in [9.17, 15) is 0 Å². The van der Waals surface area contributed by atoms with Crippen LogP contribution in [0, 0.1) is 0 Å². The molecule has 0 aliphatic carbocycles. The maximum Gasteiger partial charge on any atom is 0.0597 e. The van der Waals surface area contributed by atoms with E-state index in [0.29, 0.717) is 6.10 Å². The van der Waals surface area contributed by atoms with Crippen LogP contribution in [0.3, 0.4) is 0 Å². The molecule has 0 heterocycles. The van der Waals surface area contributed by atoms with Gasteiger partial charge in [-0.25, -0.2) is 0 Å². The largest absolute Gasteiger partial charge is 0.377 e. The molecule has 1 N–H and O–H groups in total. The van der Waals surface area contributed by atoms with E-state index < -0.39 is 0 Å². The minimum atomic E-state index is 0.397. The minimum Gasteiger partial charge on any atom is -0.377 e. The van der Waals surface area contributed by atoms with Gasteiger partial charge in [0.2, 0.25) is 0 Å². The van der Waals surface area contributed by atoms with E-state index in [2.05, 4.69) is 37.9 Å². The van der Waals surface area contributed by atoms with Crippen LogP contribution < -0.4 is 5.32 Å². The maximum atomic E-state index is 5.81. The second kappa shape index (κ2) is 12.3. The Bertz CT molecular complexity index is 149. The van der Waals surface area contributed by atoms with Gasteiger partial charge in [0.15, 0.2) is 0 Å². The van der Waals surface area contributed by atoms with Gasteiger partial charge in [0.25, 0.3) is 0 Å². The van der Waals surface area contributed by atoms with Crippen molar-refractivity contribution in [2.45, 2.75) is 53.1 Å². The van der Waals surface area contributed by atoms with Crippen molar-refractivity contribution >= 4 is 0 Å². The van der Waals surface area contributed by atoms with Crippen molar-refractivity contribution in [1.29, 1.82) is 0 Å². The highest BCUT2D eigenvalue weighted by molar-refractivity contribution is 4.56. The first-order chi connectivity index (χ1) is 8.24. The number of nitrogens with one attached hydrogen (secondary N) is 1. The summed E-state index contributed by atoms with van der Waals surface area (Å²) in [6.45, 7) is 15.2. The molecule has 3 heteroatoms. The summed E-state index contributed by atoms with van der Waals surface area (Å²) in [5.74, 6) is 0. The second-order valence-corrected chi connectivity index (χ2v) is 4.60. The molecule has 0 fully saturated rings. The third-order valence-electron chi connectivity index (χ3n) is 3.10. The van der Waals surface area contributed by atoms with Crippen molar-refractivity contribution in [3.8, 4) is 0 Å². The van der Waals surface area contributed by atoms with Crippen LogP contribution in [0.15, 0.2) is 0 Å². The smallest absolute Gasteiger partial charge is 0.0597 e. The molecule has 1 unspecified atom stereocenters. The molecule has 0 spiro atoms. The molecule has 3 nitrogen and oxygen atoms in total. The van der Waals surface area contributed by atoms with Gasteiger partial charge >= 0.3 is 0 Å². The predicted octanol–water partition coefficient (Wildman–Crippen LogP) is 2.51. The summed E-state index contributed by atoms with van der Waals surface area (Å²) in [4.78, 5) is 2.40. The van der Waals surface area contributed by atoms with Crippen molar-refractivity contribution in [2.75, 3.05) is 39.3 Å². The summed E-state index contributed by atoms with van der Waals surface area (Å²) in [6, 6.07) is 0. The topological polar surface area (TPSA) is 24.5 Å². The van der Waals surface area contributed by atoms with E-state index >= 15 is 0 Å². The van der Waals surface area contributed by atoms with Crippen molar-refractivity contribution in [1.82, 2.24) is 10.2 Å². The van der Waals surface area contributed by atoms with Gasteiger partial charge in [0.05, 0.1) is 12.7 Å². The Balaban J connectivity index is 3.30. The zero-order chi connectivity index (χ0) is 12.9. The van der Waals surface area contributed by atoms with Crippen LogP contribution in [0.1, 0.15) is 47.0 Å². The summed E-state index contributed by atoms with van der Waals surface area (Å²) in [6.07, 6.45) is 3.99. The molecule has 0 radical (unpaired) electrons. The summed E-state index contributed by atoms with van der Waals surface area (Å²) in [7, 11) is 0. The highest BCUT2D eigenvalue weighted by Gasteiger charge is 2.03. The lowest BCUT2D eigenvalue weighted by Crippen LogP contribution is -2.28. The van der Waals surface area contributed by atoms with Crippen LogP contribution in [0.5, 0.6) is 0 Å². The van der Waals surface area contributed by atoms with Crippen LogP contribution in [0.25, 0.3) is 0 Å². The van der Waals surface area contributed by atoms with Crippen molar-refractivity contribution in [3.05, 3.63) is 0 Å². The van der Waals surface area contributed by atoms with Crippen LogP contribution in [-0.2, 0) is 4.74 Å². The monoisotopic (exact) mass is 244 g/mol. The molecule has 104 valence electrons. The Hall–Kier alpha value is -0.120. The summed E-state index contributed by atoms with van der Waals surface area (Å²) in [5.41, 5.74) is 0. The maximum absolute atomic E-state index is 5.81. The molecule has 0 amide bonds. The van der Waals surface area contributed by atoms with Crippen molar-refractivity contribution in [2.24, 2.45) is 0 Å². The molecule has 0 bridgehead atoms. The highest BCUT2D eigenvalue weighted by Crippen LogP contribution is 2.01. The van der Waals surface area contributed by atoms with Gasteiger partial charge in [-0.2, -0.15) is 0 Å². The zero-order valence-electron chi connectivity index (χ0n) is 12.3. The Labute approximate surface area is 108 Å². The average Bonchev–Trinajstić information content (AvgIpc) is 2.34. The van der Waals surface area contributed by atoms with Crippen molar-refractivity contribution in [3.63, 3.8) is 0 Å². The van der Waals surface area contributed by atoms with Crippen LogP contribution >= 0.6 is 0 Å². The lowest BCUT2D eigenvalue weighted by atomic mass is 10.2. The third kappa shape index (κ3) is 10.7. The Morgan fingerprint density at radius 3 is 2.41 bits per heavy atom. The summed E-state index contributed by atoms with van der Waals surface area (Å²) >= 11 is 0. The quantitative estimate of drug-likeness (QED) is 0.534. The zero-order valence-corrected chi connectivity index (χ0v) is 12.3. The van der Waals surface area contributed by atoms with Gasteiger partial charge in [-0.3, -0.25) is 0 Å². The first-order valence-electron chi connectivity index (χ1n) is 7.29. The fraction of sp³-hybridized carbons (Fsp3) is 1.00. The number of likely N-dealkylation sites (N-methyl/N-ethyl adjacent to an activating group) is 1. The van der Waals surface area contributed by atoms with Crippen LogP contribution in [-0.4, -0.2) is 50.3 Å². The normalized spacial score (nSPS) is 13.2. The van der Waals surface area contributed by atoms with Gasteiger partial charge in [-0.15, -0.1) is 0 Å². The first-order valence-corrected chi connectivity index (χ1v) is 7.29. The van der Waals surface area contributed by atoms with E-state index in [1.54, 1.807) is 0 Å². The predicted molar refractivity (Wildman–Crippen MR) is 75.6 cm³/mol. The lowest BCUT2D eigenvalue weighted by molar-refractivity contribution is 0.0441. The van der Waals surface area contributed by atoms with Gasteiger partial charge in [-0.1, -0.05) is 20.8 Å². The van der Waals surface area contributed by atoms with Gasteiger partial charge in [-0.05, 0) is 52.4 Å². The standard InChI is InChI=1S/C14H32N2O/c1-5-10-15-11-8-9-14(4)17-13-12-16(6-2)7-3/h14-15H,5-13H2,1-4H3. The average molecular weight is 244 g/mol. The number of hydrogen-bond donors (Lipinski definition) is 1. The Kier molecular flexibility index (Phi) is 12.3. The second-order valence-electron chi connectivity index (χ2n) is 4.60. The number of rotatable bonds is 12. The molecule has 17 heavy (non-hydrogen) atoms. The fourth-order valence-corrected chi connectivity index (χ4v) is 1.82. The Morgan fingerprint density at radius 2 is 1.82 bits per heavy atom. The molecular weight excluding hydrogens is 212 g/mol. The molecule has 0 aromatic carbocycles. The van der Waals surface area contributed by atoms with E-state index in [-0.39, 0.29) is 0 Å². The molecule has 0 aliphatic heterocycles. The Morgan fingerprint density at radius 1 is 1.12 bits per heavy atom. The van der Waals surface area contributed by atoms with Crippen molar-refractivity contribution < 1.29 is 4.74 Å². The summed E-state index contributed by atoms with van der Waals surface area (Å²) in [5, 5.41) is 3.42. The van der Waals surface area contributed by atoms with E-state index in [4.69, 9.17) is 4.74 Å². The van der Waals surface area contributed by atoms with Gasteiger partial charge in [0.1, 0.15) is 0 Å². The van der Waals surface area contributed by atoms with E-state index in [1.165, 1.54) is 12.8 Å². The third-order valence-corrected chi connectivity index (χ3v) is 3.10. The number of hydrogen-bond acceptors (Lipinski definition) is 3. The summed E-state index contributed by atoms with van der Waals surface area (Å²) < 4.78 is 5.81. The molecule has 0 aliphatic rings. The fourth-order valence-electron chi connectivity index (χ4n) is 1.82. The molecule has 1 atom stereocenters. The molecule has 0 aromatic rings. The van der Waals surface area contributed by atoms with Gasteiger partial charge < -0.3 is 15.0 Å². The molecule has 0 saturated heterocycles. The SMILES string of the molecule is CCCNCCCC(C)OCCN(CC)CC. The molecule has 0 aromatic heterocycles. The first kappa shape index (κ1) is 16.9. The van der Waals surface area contributed by atoms with Crippen LogP contribution in [0.4, 0.5) is 0 Å². The lowest BCUT2D eigenvalue weighted by Gasteiger charge is -2.20. The molecule has 0 rings (SSSR count). The molecule has 0 saturated carbocycles. The van der Waals surface area contributed by atoms with Crippen LogP contribution in [0.2, 0.25) is 0 Å². The van der Waals surface area contributed by atoms with E-state index in [0.717, 1.165) is 45.8 Å². The van der Waals surface area contributed by atoms with E-state index in [1.807, 2.05) is 0 Å². The van der Waals surface area contributed by atoms with Gasteiger partial charge in [0, 0.05) is 6.54 Å². The highest BCUT2D eigenvalue weighted by atomic mass is 16.5. The molecular formula is C14H32N2O. The number of ether oxygens (including phenoxy) is 1.